The summed E-state index contributed by atoms with van der Waals surface area (Å²) >= 11 is 0. The lowest BCUT2D eigenvalue weighted by molar-refractivity contribution is -0.0189. The zero-order chi connectivity index (χ0) is 15.7. The van der Waals surface area contributed by atoms with E-state index in [2.05, 4.69) is 18.2 Å². The molecular weight excluding hydrogens is 288 g/mol. The maximum atomic E-state index is 5.98. The van der Waals surface area contributed by atoms with Crippen LogP contribution in [0.25, 0.3) is 0 Å². The number of methoxy groups -OCH3 is 1. The Labute approximate surface area is 139 Å². The number of hydrogen-bond acceptors (Lipinski definition) is 3. The summed E-state index contributed by atoms with van der Waals surface area (Å²) in [5, 5.41) is 0. The van der Waals surface area contributed by atoms with Crippen LogP contribution in [0.15, 0.2) is 18.2 Å². The second-order valence-corrected chi connectivity index (χ2v) is 7.78. The zero-order valence-corrected chi connectivity index (χ0v) is 14.1. The fourth-order valence-electron chi connectivity index (χ4n) is 5.70. The van der Waals surface area contributed by atoms with Crippen LogP contribution in [-0.2, 0) is 14.9 Å². The summed E-state index contributed by atoms with van der Waals surface area (Å²) in [6, 6.07) is 9.49. The molecule has 23 heavy (non-hydrogen) atoms. The minimum atomic E-state index is 0.298. The first-order chi connectivity index (χ1) is 11.3. The molecule has 0 atom stereocenters. The van der Waals surface area contributed by atoms with Gasteiger partial charge in [-0.15, -0.1) is 0 Å². The Kier molecular flexibility index (Phi) is 4.33. The summed E-state index contributed by atoms with van der Waals surface area (Å²) < 4.78 is 16.5. The van der Waals surface area contributed by atoms with Gasteiger partial charge in [0.05, 0.1) is 13.2 Å². The van der Waals surface area contributed by atoms with Crippen LogP contribution < -0.4 is 4.74 Å². The van der Waals surface area contributed by atoms with Crippen LogP contribution in [-0.4, -0.2) is 27.1 Å². The highest BCUT2D eigenvalue weighted by atomic mass is 16.7. The average Bonchev–Trinajstić information content (AvgIpc) is 2.54. The Balaban J connectivity index is 1.50. The first kappa shape index (κ1) is 15.5. The van der Waals surface area contributed by atoms with Gasteiger partial charge in [-0.05, 0) is 79.9 Å². The van der Waals surface area contributed by atoms with Crippen molar-refractivity contribution in [2.75, 3.05) is 27.1 Å². The number of benzene rings is 1. The van der Waals surface area contributed by atoms with Crippen LogP contribution >= 0.6 is 0 Å². The Morgan fingerprint density at radius 2 is 1.78 bits per heavy atom. The van der Waals surface area contributed by atoms with Gasteiger partial charge in [0.2, 0.25) is 0 Å². The summed E-state index contributed by atoms with van der Waals surface area (Å²) in [6.45, 7) is 1.47. The third-order valence-corrected chi connectivity index (χ3v) is 6.16. The van der Waals surface area contributed by atoms with E-state index in [0.717, 1.165) is 23.5 Å². The van der Waals surface area contributed by atoms with E-state index in [0.29, 0.717) is 25.4 Å². The summed E-state index contributed by atoms with van der Waals surface area (Å²) in [5.41, 5.74) is 1.73. The predicted molar refractivity (Wildman–Crippen MR) is 88.5 cm³/mol. The average molecular weight is 315 g/mol. The van der Waals surface area contributed by atoms with Gasteiger partial charge in [0.15, 0.2) is 6.79 Å². The van der Waals surface area contributed by atoms with E-state index in [1.54, 1.807) is 7.11 Å². The van der Waals surface area contributed by atoms with Gasteiger partial charge in [0.1, 0.15) is 5.75 Å². The van der Waals surface area contributed by atoms with Gasteiger partial charge in [-0.3, -0.25) is 0 Å². The van der Waals surface area contributed by atoms with Gasteiger partial charge < -0.3 is 14.2 Å². The SMILES string of the molecule is COCCOCOc1cc[c]cc1C12CC3CC(CC(C3)C1)C2. The van der Waals surface area contributed by atoms with Gasteiger partial charge in [-0.2, -0.15) is 0 Å². The molecule has 0 heterocycles. The quantitative estimate of drug-likeness (QED) is 0.563. The molecule has 5 rings (SSSR count). The standard InChI is InChI=1S/C20H27O3/c1-21-6-7-22-14-23-19-5-3-2-4-18(19)20-11-15-8-16(12-20)10-17(9-15)13-20/h3-5,15-17H,6-14H2,1H3. The lowest BCUT2D eigenvalue weighted by Gasteiger charge is -2.57. The van der Waals surface area contributed by atoms with Crippen molar-refractivity contribution in [3.05, 3.63) is 29.8 Å². The minimum Gasteiger partial charge on any atom is -0.467 e. The van der Waals surface area contributed by atoms with Gasteiger partial charge >= 0.3 is 0 Å². The lowest BCUT2D eigenvalue weighted by atomic mass is 9.48. The lowest BCUT2D eigenvalue weighted by Crippen LogP contribution is -2.48. The van der Waals surface area contributed by atoms with Crippen molar-refractivity contribution in [2.45, 2.75) is 43.9 Å². The van der Waals surface area contributed by atoms with Crippen LogP contribution in [0.4, 0.5) is 0 Å². The van der Waals surface area contributed by atoms with E-state index >= 15 is 0 Å². The van der Waals surface area contributed by atoms with Gasteiger partial charge in [-0.25, -0.2) is 0 Å². The molecular formula is C20H27O3. The van der Waals surface area contributed by atoms with E-state index in [-0.39, 0.29) is 0 Å². The topological polar surface area (TPSA) is 27.7 Å². The molecule has 4 bridgehead atoms. The van der Waals surface area contributed by atoms with Crippen LogP contribution in [0.1, 0.15) is 44.1 Å². The molecule has 0 amide bonds. The van der Waals surface area contributed by atoms with E-state index < -0.39 is 0 Å². The van der Waals surface area contributed by atoms with E-state index in [9.17, 15) is 0 Å². The molecule has 0 N–H and O–H groups in total. The molecule has 3 heteroatoms. The van der Waals surface area contributed by atoms with Crippen molar-refractivity contribution >= 4 is 0 Å². The Bertz CT molecular complexity index is 504. The molecule has 4 saturated carbocycles. The van der Waals surface area contributed by atoms with E-state index in [1.165, 1.54) is 44.1 Å². The smallest absolute Gasteiger partial charge is 0.189 e. The molecule has 4 aliphatic rings. The van der Waals surface area contributed by atoms with E-state index in [1.807, 2.05) is 6.07 Å². The minimum absolute atomic E-state index is 0.298. The molecule has 1 aromatic rings. The van der Waals surface area contributed by atoms with Crippen molar-refractivity contribution in [3.8, 4) is 5.75 Å². The molecule has 4 fully saturated rings. The fourth-order valence-corrected chi connectivity index (χ4v) is 5.70. The molecule has 0 spiro atoms. The van der Waals surface area contributed by atoms with Crippen LogP contribution in [0.2, 0.25) is 0 Å². The molecule has 125 valence electrons. The highest BCUT2D eigenvalue weighted by molar-refractivity contribution is 5.41. The largest absolute Gasteiger partial charge is 0.467 e. The first-order valence-corrected chi connectivity index (χ1v) is 8.99. The summed E-state index contributed by atoms with van der Waals surface area (Å²) in [5.74, 6) is 3.81. The van der Waals surface area contributed by atoms with Crippen molar-refractivity contribution in [1.29, 1.82) is 0 Å². The number of rotatable bonds is 7. The second-order valence-electron chi connectivity index (χ2n) is 7.78. The van der Waals surface area contributed by atoms with Crippen LogP contribution in [0.5, 0.6) is 5.75 Å². The van der Waals surface area contributed by atoms with Crippen molar-refractivity contribution in [2.24, 2.45) is 17.8 Å². The summed E-state index contributed by atoms with van der Waals surface area (Å²) in [6.07, 6.45) is 8.43. The number of ether oxygens (including phenoxy) is 3. The monoisotopic (exact) mass is 315 g/mol. The Morgan fingerprint density at radius 3 is 2.43 bits per heavy atom. The number of hydrogen-bond donors (Lipinski definition) is 0. The van der Waals surface area contributed by atoms with Gasteiger partial charge in [-0.1, -0.05) is 6.07 Å². The normalized spacial score (nSPS) is 34.7. The predicted octanol–water partition coefficient (Wildman–Crippen LogP) is 3.95. The highest BCUT2D eigenvalue weighted by Gasteiger charge is 2.52. The first-order valence-electron chi connectivity index (χ1n) is 8.99. The molecule has 0 saturated heterocycles. The van der Waals surface area contributed by atoms with Crippen molar-refractivity contribution in [1.82, 2.24) is 0 Å². The molecule has 1 aromatic carbocycles. The maximum absolute atomic E-state index is 5.98. The summed E-state index contributed by atoms with van der Waals surface area (Å²) in [4.78, 5) is 0. The van der Waals surface area contributed by atoms with Gasteiger partial charge in [0.25, 0.3) is 0 Å². The van der Waals surface area contributed by atoms with Crippen molar-refractivity contribution in [3.63, 3.8) is 0 Å². The molecule has 0 aromatic heterocycles. The molecule has 4 aliphatic carbocycles. The van der Waals surface area contributed by atoms with Crippen LogP contribution in [0.3, 0.4) is 0 Å². The molecule has 0 aliphatic heterocycles. The third kappa shape index (κ3) is 3.01. The third-order valence-electron chi connectivity index (χ3n) is 6.16. The molecule has 1 radical (unpaired) electrons. The highest BCUT2D eigenvalue weighted by Crippen LogP contribution is 2.61. The summed E-state index contributed by atoms with van der Waals surface area (Å²) in [7, 11) is 1.68. The Morgan fingerprint density at radius 1 is 1.09 bits per heavy atom. The van der Waals surface area contributed by atoms with Crippen LogP contribution in [0, 0.1) is 23.8 Å². The molecule has 3 nitrogen and oxygen atoms in total. The maximum Gasteiger partial charge on any atom is 0.189 e. The van der Waals surface area contributed by atoms with E-state index in [4.69, 9.17) is 14.2 Å². The van der Waals surface area contributed by atoms with Crippen molar-refractivity contribution < 1.29 is 14.2 Å². The van der Waals surface area contributed by atoms with Gasteiger partial charge in [0, 0.05) is 12.7 Å². The molecule has 0 unspecified atom stereocenters. The fraction of sp³-hybridized carbons (Fsp3) is 0.700. The second kappa shape index (κ2) is 6.45. The Hall–Kier alpha value is -1.06. The zero-order valence-electron chi connectivity index (χ0n) is 14.1.